The van der Waals surface area contributed by atoms with Gasteiger partial charge in [0.05, 0.1) is 27.7 Å². The van der Waals surface area contributed by atoms with Gasteiger partial charge in [-0.2, -0.15) is 0 Å². The third-order valence-corrected chi connectivity index (χ3v) is 3.12. The molecule has 0 amide bonds. The van der Waals surface area contributed by atoms with Gasteiger partial charge in [0, 0.05) is 16.7 Å². The molecule has 0 bridgehead atoms. The van der Waals surface area contributed by atoms with Crippen LogP contribution in [0.3, 0.4) is 0 Å². The molecule has 2 aromatic rings. The number of nitrogens with two attached hydrogens (primary N) is 1. The largest absolute Gasteiger partial charge is 0.397 e. The fourth-order valence-corrected chi connectivity index (χ4v) is 2.03. The van der Waals surface area contributed by atoms with Crippen molar-refractivity contribution in [2.45, 2.75) is 0 Å². The average molecular weight is 361 g/mol. The molecule has 17 heavy (non-hydrogen) atoms. The van der Waals surface area contributed by atoms with Crippen molar-refractivity contribution < 1.29 is 4.39 Å². The Bertz CT molecular complexity index is 560. The summed E-state index contributed by atoms with van der Waals surface area (Å²) in [6, 6.07) is 4.68. The topological polar surface area (TPSA) is 50.9 Å². The van der Waals surface area contributed by atoms with Crippen molar-refractivity contribution in [1.82, 2.24) is 4.98 Å². The van der Waals surface area contributed by atoms with Gasteiger partial charge in [-0.25, -0.2) is 4.39 Å². The van der Waals surface area contributed by atoms with E-state index in [0.29, 0.717) is 15.8 Å². The normalized spacial score (nSPS) is 10.3. The van der Waals surface area contributed by atoms with E-state index in [-0.39, 0.29) is 5.82 Å². The third-order valence-electron chi connectivity index (χ3n) is 2.08. The van der Waals surface area contributed by atoms with Crippen LogP contribution in [0.25, 0.3) is 0 Å². The molecule has 0 spiro atoms. The first-order valence-electron chi connectivity index (χ1n) is 4.68. The number of halogens is 3. The predicted octanol–water partition coefficient (Wildman–Crippen LogP) is 4.07. The summed E-state index contributed by atoms with van der Waals surface area (Å²) >= 11 is 6.38. The Morgan fingerprint density at radius 1 is 1.18 bits per heavy atom. The lowest BCUT2D eigenvalue weighted by Gasteiger charge is -2.10. The molecule has 0 fully saturated rings. The molecule has 0 radical (unpaired) electrons. The van der Waals surface area contributed by atoms with Crippen molar-refractivity contribution in [2.75, 3.05) is 11.1 Å². The highest BCUT2D eigenvalue weighted by atomic mass is 79.9. The zero-order valence-corrected chi connectivity index (χ0v) is 11.7. The second kappa shape index (κ2) is 5.01. The number of hydrogen-bond donors (Lipinski definition) is 2. The Morgan fingerprint density at radius 2 is 1.94 bits per heavy atom. The SMILES string of the molecule is Nc1cc(Br)c(F)cc1Nc1cncc(Br)c1. The Morgan fingerprint density at radius 3 is 2.65 bits per heavy atom. The highest BCUT2D eigenvalue weighted by Crippen LogP contribution is 2.29. The first-order chi connectivity index (χ1) is 8.06. The fourth-order valence-electron chi connectivity index (χ4n) is 1.31. The molecule has 0 atom stereocenters. The molecule has 0 saturated carbocycles. The predicted molar refractivity (Wildman–Crippen MR) is 73.7 cm³/mol. The van der Waals surface area contributed by atoms with Crippen molar-refractivity contribution in [3.05, 3.63) is 45.4 Å². The maximum absolute atomic E-state index is 13.4. The summed E-state index contributed by atoms with van der Waals surface area (Å²) in [5, 5.41) is 3.00. The standard InChI is InChI=1S/C11H8Br2FN3/c12-6-1-7(5-16-4-6)17-11-3-9(14)8(13)2-10(11)15/h1-5,17H,15H2. The van der Waals surface area contributed by atoms with E-state index < -0.39 is 0 Å². The lowest BCUT2D eigenvalue weighted by Crippen LogP contribution is -1.98. The number of aromatic nitrogens is 1. The van der Waals surface area contributed by atoms with Gasteiger partial charge in [-0.15, -0.1) is 0 Å². The lowest BCUT2D eigenvalue weighted by molar-refractivity contribution is 0.622. The summed E-state index contributed by atoms with van der Waals surface area (Å²) in [7, 11) is 0. The number of nitrogen functional groups attached to an aromatic ring is 1. The van der Waals surface area contributed by atoms with Crippen molar-refractivity contribution in [3.8, 4) is 0 Å². The Hall–Kier alpha value is -1.14. The Labute approximate surface area is 114 Å². The highest BCUT2D eigenvalue weighted by molar-refractivity contribution is 9.10. The van der Waals surface area contributed by atoms with Crippen LogP contribution in [0.2, 0.25) is 0 Å². The van der Waals surface area contributed by atoms with Crippen LogP contribution < -0.4 is 11.1 Å². The van der Waals surface area contributed by atoms with Crippen molar-refractivity contribution in [2.24, 2.45) is 0 Å². The molecule has 88 valence electrons. The molecule has 6 heteroatoms. The van der Waals surface area contributed by atoms with Gasteiger partial charge in [0.1, 0.15) is 5.82 Å². The number of pyridine rings is 1. The quantitative estimate of drug-likeness (QED) is 0.793. The summed E-state index contributed by atoms with van der Waals surface area (Å²) < 4.78 is 14.5. The summed E-state index contributed by atoms with van der Waals surface area (Å²) in [6.45, 7) is 0. The van der Waals surface area contributed by atoms with Gasteiger partial charge in [-0.3, -0.25) is 4.98 Å². The van der Waals surface area contributed by atoms with E-state index in [0.717, 1.165) is 10.2 Å². The van der Waals surface area contributed by atoms with E-state index >= 15 is 0 Å². The highest BCUT2D eigenvalue weighted by Gasteiger charge is 2.06. The summed E-state index contributed by atoms with van der Waals surface area (Å²) in [5.74, 6) is -0.371. The zero-order valence-electron chi connectivity index (χ0n) is 8.55. The van der Waals surface area contributed by atoms with Crippen LogP contribution in [0.5, 0.6) is 0 Å². The molecule has 0 unspecified atom stereocenters. The maximum atomic E-state index is 13.4. The Kier molecular flexibility index (Phi) is 3.63. The fraction of sp³-hybridized carbons (Fsp3) is 0. The van der Waals surface area contributed by atoms with Crippen molar-refractivity contribution >= 4 is 48.9 Å². The lowest BCUT2D eigenvalue weighted by atomic mass is 10.2. The van der Waals surface area contributed by atoms with Gasteiger partial charge in [0.15, 0.2) is 0 Å². The van der Waals surface area contributed by atoms with E-state index in [1.807, 2.05) is 6.07 Å². The van der Waals surface area contributed by atoms with E-state index in [1.165, 1.54) is 12.1 Å². The van der Waals surface area contributed by atoms with Crippen LogP contribution >= 0.6 is 31.9 Å². The molecule has 1 aromatic heterocycles. The van der Waals surface area contributed by atoms with Crippen LogP contribution in [0.4, 0.5) is 21.5 Å². The molecular weight excluding hydrogens is 353 g/mol. The monoisotopic (exact) mass is 359 g/mol. The molecule has 3 nitrogen and oxygen atoms in total. The number of nitrogens with zero attached hydrogens (tertiary/aromatic N) is 1. The molecule has 0 aliphatic carbocycles. The molecule has 3 N–H and O–H groups in total. The first kappa shape index (κ1) is 12.3. The van der Waals surface area contributed by atoms with E-state index in [9.17, 15) is 4.39 Å². The molecule has 1 aromatic carbocycles. The van der Waals surface area contributed by atoms with Crippen molar-refractivity contribution in [3.63, 3.8) is 0 Å². The van der Waals surface area contributed by atoms with Crippen molar-refractivity contribution in [1.29, 1.82) is 0 Å². The van der Waals surface area contributed by atoms with Gasteiger partial charge >= 0.3 is 0 Å². The third kappa shape index (κ3) is 2.95. The number of hydrogen-bond acceptors (Lipinski definition) is 3. The van der Waals surface area contributed by atoms with E-state index in [1.54, 1.807) is 12.4 Å². The van der Waals surface area contributed by atoms with Gasteiger partial charge in [-0.05, 0) is 44.0 Å². The second-order valence-electron chi connectivity index (χ2n) is 3.37. The first-order valence-corrected chi connectivity index (χ1v) is 6.27. The molecule has 1 heterocycles. The van der Waals surface area contributed by atoms with Gasteiger partial charge in [-0.1, -0.05) is 0 Å². The maximum Gasteiger partial charge on any atom is 0.139 e. The summed E-state index contributed by atoms with van der Waals surface area (Å²) in [6.07, 6.45) is 3.29. The molecule has 2 rings (SSSR count). The molecule has 0 aliphatic rings. The molecule has 0 aliphatic heterocycles. The van der Waals surface area contributed by atoms with Crippen LogP contribution in [-0.2, 0) is 0 Å². The zero-order chi connectivity index (χ0) is 12.4. The molecular formula is C11H8Br2FN3. The van der Waals surface area contributed by atoms with Gasteiger partial charge < -0.3 is 11.1 Å². The number of anilines is 3. The van der Waals surface area contributed by atoms with Crippen LogP contribution in [0, 0.1) is 5.82 Å². The van der Waals surface area contributed by atoms with Crippen LogP contribution in [0.15, 0.2) is 39.5 Å². The van der Waals surface area contributed by atoms with E-state index in [4.69, 9.17) is 5.73 Å². The minimum absolute atomic E-state index is 0.341. The Balaban J connectivity index is 2.33. The second-order valence-corrected chi connectivity index (χ2v) is 5.14. The summed E-state index contributed by atoms with van der Waals surface area (Å²) in [5.41, 5.74) is 7.48. The average Bonchev–Trinajstić information content (AvgIpc) is 2.26. The van der Waals surface area contributed by atoms with Gasteiger partial charge in [0.25, 0.3) is 0 Å². The van der Waals surface area contributed by atoms with Gasteiger partial charge in [0.2, 0.25) is 0 Å². The summed E-state index contributed by atoms with van der Waals surface area (Å²) in [4.78, 5) is 4.00. The van der Waals surface area contributed by atoms with Crippen LogP contribution in [0.1, 0.15) is 0 Å². The van der Waals surface area contributed by atoms with Crippen LogP contribution in [-0.4, -0.2) is 4.98 Å². The molecule has 0 saturated heterocycles. The number of rotatable bonds is 2. The van der Waals surface area contributed by atoms with E-state index in [2.05, 4.69) is 42.2 Å². The number of nitrogens with one attached hydrogen (secondary N) is 1. The smallest absolute Gasteiger partial charge is 0.139 e. The minimum atomic E-state index is -0.371. The number of benzene rings is 1. The minimum Gasteiger partial charge on any atom is -0.397 e.